The Hall–Kier alpha value is 0.730. The van der Waals surface area contributed by atoms with E-state index in [-0.39, 0.29) is 0 Å². The molecule has 178 valence electrons. The highest BCUT2D eigenvalue weighted by Crippen LogP contribution is 2.66. The molecule has 0 radical (unpaired) electrons. The van der Waals surface area contributed by atoms with Crippen molar-refractivity contribution in [2.24, 2.45) is 0 Å². The monoisotopic (exact) mass is 574 g/mol. The fourth-order valence-electron chi connectivity index (χ4n) is 3.85. The average Bonchev–Trinajstić information content (AvgIpc) is 3.45. The van der Waals surface area contributed by atoms with E-state index >= 15 is 0 Å². The van der Waals surface area contributed by atoms with Crippen molar-refractivity contribution in [1.29, 1.82) is 0 Å². The molecule has 0 spiro atoms. The van der Waals surface area contributed by atoms with E-state index in [1.165, 1.54) is 53.3 Å². The van der Waals surface area contributed by atoms with Gasteiger partial charge in [0.25, 0.3) is 0 Å². The Morgan fingerprint density at radius 2 is 1.30 bits per heavy atom. The number of thioether (sulfide) groups is 7. The highest BCUT2D eigenvalue weighted by Gasteiger charge is 2.58. The number of nitrogens with zero attached hydrogens (tertiary/aromatic N) is 2. The number of hydrogen-bond acceptors (Lipinski definition) is 11. The Bertz CT molecular complexity index is 1030. The normalized spacial score (nSPS) is 26.2. The van der Waals surface area contributed by atoms with Crippen LogP contribution < -0.4 is 0 Å². The van der Waals surface area contributed by atoms with E-state index in [0.717, 1.165) is 5.56 Å². The van der Waals surface area contributed by atoms with Gasteiger partial charge in [0.1, 0.15) is 6.17 Å². The van der Waals surface area contributed by atoms with Gasteiger partial charge in [0.05, 0.1) is 32.3 Å². The second kappa shape index (κ2) is 9.55. The molecule has 5 rings (SSSR count). The lowest BCUT2D eigenvalue weighted by atomic mass is 9.84. The number of benzene rings is 1. The summed E-state index contributed by atoms with van der Waals surface area (Å²) in [4.78, 5) is 1.29. The van der Waals surface area contributed by atoms with Crippen LogP contribution in [0, 0.1) is 0 Å². The Labute approximate surface area is 225 Å². The minimum absolute atomic E-state index is 0.597. The van der Waals surface area contributed by atoms with Crippen molar-refractivity contribution < 1.29 is 10.4 Å². The summed E-state index contributed by atoms with van der Waals surface area (Å²) in [6, 6.07) is 8.29. The molecule has 0 amide bonds. The summed E-state index contributed by atoms with van der Waals surface area (Å²) in [6.07, 6.45) is 1.55. The van der Waals surface area contributed by atoms with Crippen LogP contribution >= 0.6 is 82.3 Å². The molecule has 2 N–H and O–H groups in total. The van der Waals surface area contributed by atoms with Gasteiger partial charge in [-0.1, -0.05) is 71.3 Å². The first-order valence-corrected chi connectivity index (χ1v) is 16.9. The molecule has 1 fully saturated rings. The van der Waals surface area contributed by atoms with E-state index in [1.54, 1.807) is 11.8 Å². The summed E-state index contributed by atoms with van der Waals surface area (Å²) in [5.41, 5.74) is 0.852. The van der Waals surface area contributed by atoms with Gasteiger partial charge in [-0.05, 0) is 45.1 Å². The maximum atomic E-state index is 10.9. The van der Waals surface area contributed by atoms with Gasteiger partial charge in [-0.25, -0.2) is 0 Å². The molecule has 1 saturated heterocycles. The molecule has 4 heterocycles. The fourth-order valence-corrected chi connectivity index (χ4v) is 13.9. The first-order chi connectivity index (χ1) is 15.6. The molecule has 4 nitrogen and oxygen atoms in total. The van der Waals surface area contributed by atoms with Crippen molar-refractivity contribution in [3.8, 4) is 0 Å². The standard InChI is InChI=1S/C22H26N2O2S7/c1-21(2)22(3,4)24(26)15(23(21)25)13-8-6-12(7-9-13)14-16(27-5)31-19(30-14)20-32-17-18(33-20)29-11-10-28-17/h6-9,15,25-26H,10-11H2,1-5H3. The summed E-state index contributed by atoms with van der Waals surface area (Å²) < 4.78 is 7.09. The molecule has 1 aromatic carbocycles. The third-order valence-corrected chi connectivity index (χ3v) is 16.8. The van der Waals surface area contributed by atoms with Gasteiger partial charge < -0.3 is 10.4 Å². The van der Waals surface area contributed by atoms with Gasteiger partial charge in [0.15, 0.2) is 0 Å². The smallest absolute Gasteiger partial charge is 0.136 e. The first kappa shape index (κ1) is 25.4. The highest BCUT2D eigenvalue weighted by molar-refractivity contribution is 8.44. The van der Waals surface area contributed by atoms with Gasteiger partial charge in [0, 0.05) is 16.4 Å². The van der Waals surface area contributed by atoms with Gasteiger partial charge in [-0.2, -0.15) is 10.1 Å². The topological polar surface area (TPSA) is 46.9 Å². The van der Waals surface area contributed by atoms with Crippen LogP contribution in [0.1, 0.15) is 45.0 Å². The van der Waals surface area contributed by atoms with Crippen LogP contribution in [0.15, 0.2) is 45.5 Å². The number of hydrogen-bond donors (Lipinski definition) is 2. The second-order valence-electron chi connectivity index (χ2n) is 8.88. The summed E-state index contributed by atoms with van der Waals surface area (Å²) >= 11 is 13.4. The molecule has 1 aromatic rings. The average molecular weight is 575 g/mol. The predicted molar refractivity (Wildman–Crippen MR) is 154 cm³/mol. The quantitative estimate of drug-likeness (QED) is 0.366. The van der Waals surface area contributed by atoms with Crippen LogP contribution in [0.25, 0.3) is 4.91 Å². The van der Waals surface area contributed by atoms with Crippen molar-refractivity contribution in [3.63, 3.8) is 0 Å². The molecule has 4 aliphatic heterocycles. The lowest BCUT2D eigenvalue weighted by Crippen LogP contribution is -2.52. The number of rotatable bonds is 3. The largest absolute Gasteiger partial charge is 0.311 e. The van der Waals surface area contributed by atoms with Gasteiger partial charge in [-0.15, -0.1) is 35.3 Å². The van der Waals surface area contributed by atoms with Crippen LogP contribution in [-0.4, -0.2) is 49.4 Å². The molecule has 0 atom stereocenters. The lowest BCUT2D eigenvalue weighted by Gasteiger charge is -2.37. The molecule has 0 unspecified atom stereocenters. The lowest BCUT2D eigenvalue weighted by molar-refractivity contribution is -0.223. The van der Waals surface area contributed by atoms with Crippen molar-refractivity contribution in [2.75, 3.05) is 17.8 Å². The van der Waals surface area contributed by atoms with Crippen LogP contribution in [0.5, 0.6) is 0 Å². The Morgan fingerprint density at radius 1 is 0.788 bits per heavy atom. The van der Waals surface area contributed by atoms with E-state index in [0.29, 0.717) is 0 Å². The summed E-state index contributed by atoms with van der Waals surface area (Å²) in [5, 5.41) is 24.3. The van der Waals surface area contributed by atoms with E-state index in [1.807, 2.05) is 110 Å². The van der Waals surface area contributed by atoms with E-state index in [4.69, 9.17) is 0 Å². The minimum atomic E-state index is -0.598. The SMILES string of the molecule is CSC1=C(c2ccc(C3N(O)C(C)(C)C(C)(C)N3O)cc2)SC(=C2SC3=C(SCCS3)S2)S1. The summed E-state index contributed by atoms with van der Waals surface area (Å²) in [5.74, 6) is 2.41. The molecule has 33 heavy (non-hydrogen) atoms. The van der Waals surface area contributed by atoms with Gasteiger partial charge >= 0.3 is 0 Å². The number of hydroxylamine groups is 4. The third kappa shape index (κ3) is 4.31. The molecule has 0 bridgehead atoms. The molecular formula is C22H26N2O2S7. The van der Waals surface area contributed by atoms with Crippen LogP contribution in [0.4, 0.5) is 0 Å². The van der Waals surface area contributed by atoms with Crippen molar-refractivity contribution >= 4 is 87.2 Å². The first-order valence-electron chi connectivity index (χ1n) is 10.5. The van der Waals surface area contributed by atoms with Crippen LogP contribution in [0.3, 0.4) is 0 Å². The summed E-state index contributed by atoms with van der Waals surface area (Å²) in [7, 11) is 0. The summed E-state index contributed by atoms with van der Waals surface area (Å²) in [6.45, 7) is 7.79. The highest BCUT2D eigenvalue weighted by atomic mass is 32.3. The van der Waals surface area contributed by atoms with E-state index < -0.39 is 17.2 Å². The van der Waals surface area contributed by atoms with Crippen LogP contribution in [-0.2, 0) is 0 Å². The zero-order chi connectivity index (χ0) is 23.5. The molecule has 0 aliphatic carbocycles. The van der Waals surface area contributed by atoms with E-state index in [9.17, 15) is 10.4 Å². The molecule has 11 heteroatoms. The van der Waals surface area contributed by atoms with Crippen molar-refractivity contribution in [2.45, 2.75) is 44.9 Å². The second-order valence-corrected chi connectivity index (χ2v) is 17.3. The molecule has 0 aromatic heterocycles. The van der Waals surface area contributed by atoms with Crippen molar-refractivity contribution in [3.05, 3.63) is 56.6 Å². The zero-order valence-corrected chi connectivity index (χ0v) is 24.7. The van der Waals surface area contributed by atoms with Gasteiger partial charge in [0.2, 0.25) is 0 Å². The predicted octanol–water partition coefficient (Wildman–Crippen LogP) is 8.32. The maximum absolute atomic E-state index is 10.9. The molecule has 0 saturated carbocycles. The van der Waals surface area contributed by atoms with E-state index in [2.05, 4.69) is 18.4 Å². The Morgan fingerprint density at radius 3 is 1.82 bits per heavy atom. The Kier molecular flexibility index (Phi) is 7.35. The molecular weight excluding hydrogens is 549 g/mol. The Balaban J connectivity index is 1.38. The maximum Gasteiger partial charge on any atom is 0.136 e. The zero-order valence-electron chi connectivity index (χ0n) is 18.9. The fraction of sp³-hybridized carbons (Fsp3) is 0.455. The van der Waals surface area contributed by atoms with Crippen molar-refractivity contribution in [1.82, 2.24) is 10.1 Å². The van der Waals surface area contributed by atoms with Crippen LogP contribution in [0.2, 0.25) is 0 Å². The van der Waals surface area contributed by atoms with Gasteiger partial charge in [-0.3, -0.25) is 0 Å². The minimum Gasteiger partial charge on any atom is -0.311 e. The molecule has 4 aliphatic rings. The third-order valence-electron chi connectivity index (χ3n) is 6.58.